The minimum atomic E-state index is 0.267. The molecule has 0 saturated heterocycles. The number of carbonyl (C=O) groups excluding carboxylic acids is 1. The van der Waals surface area contributed by atoms with Crippen LogP contribution in [0.25, 0.3) is 0 Å². The normalized spacial score (nSPS) is 17.3. The molecule has 1 aliphatic carbocycles. The van der Waals surface area contributed by atoms with E-state index < -0.39 is 0 Å². The number of nitrogens with zero attached hydrogens (tertiary/aromatic N) is 1. The first-order valence-electron chi connectivity index (χ1n) is 6.20. The van der Waals surface area contributed by atoms with Crippen molar-refractivity contribution in [3.63, 3.8) is 0 Å². The van der Waals surface area contributed by atoms with E-state index in [-0.39, 0.29) is 5.78 Å². The van der Waals surface area contributed by atoms with Crippen LogP contribution in [0.15, 0.2) is 18.5 Å². The Labute approximate surface area is 97.1 Å². The van der Waals surface area contributed by atoms with Gasteiger partial charge in [0.15, 0.2) is 5.78 Å². The molecule has 1 heterocycles. The number of pyridine rings is 1. The zero-order valence-corrected chi connectivity index (χ0v) is 9.91. The first kappa shape index (κ1) is 11.3. The molecule has 16 heavy (non-hydrogen) atoms. The predicted octanol–water partition coefficient (Wildman–Crippen LogP) is 3.54. The molecule has 0 aromatic carbocycles. The van der Waals surface area contributed by atoms with E-state index in [0.29, 0.717) is 12.3 Å². The zero-order chi connectivity index (χ0) is 11.4. The molecule has 0 N–H and O–H groups in total. The van der Waals surface area contributed by atoms with Gasteiger partial charge >= 0.3 is 0 Å². The summed E-state index contributed by atoms with van der Waals surface area (Å²) in [6.45, 7) is 1.98. The summed E-state index contributed by atoms with van der Waals surface area (Å²) in [7, 11) is 0. The summed E-state index contributed by atoms with van der Waals surface area (Å²) in [5.41, 5.74) is 1.85. The maximum Gasteiger partial charge on any atom is 0.164 e. The third-order valence-electron chi connectivity index (χ3n) is 3.40. The molecule has 0 unspecified atom stereocenters. The van der Waals surface area contributed by atoms with Gasteiger partial charge in [-0.25, -0.2) is 0 Å². The number of ketones is 1. The molecular weight excluding hydrogens is 198 g/mol. The summed E-state index contributed by atoms with van der Waals surface area (Å²) in [6, 6.07) is 1.94. The SMILES string of the molecule is Cc1cncc(C(=O)CC2CCCCC2)c1. The molecule has 0 amide bonds. The van der Waals surface area contributed by atoms with Crippen molar-refractivity contribution in [3.8, 4) is 0 Å². The van der Waals surface area contributed by atoms with Gasteiger partial charge < -0.3 is 0 Å². The van der Waals surface area contributed by atoms with Crippen LogP contribution < -0.4 is 0 Å². The topological polar surface area (TPSA) is 30.0 Å². The maximum absolute atomic E-state index is 12.0. The van der Waals surface area contributed by atoms with Crippen molar-refractivity contribution < 1.29 is 4.79 Å². The van der Waals surface area contributed by atoms with Crippen molar-refractivity contribution in [1.29, 1.82) is 0 Å². The van der Waals surface area contributed by atoms with Crippen LogP contribution in [0.4, 0.5) is 0 Å². The molecule has 2 rings (SSSR count). The van der Waals surface area contributed by atoms with Gasteiger partial charge in [-0.1, -0.05) is 32.1 Å². The monoisotopic (exact) mass is 217 g/mol. The number of hydrogen-bond donors (Lipinski definition) is 0. The Hall–Kier alpha value is -1.18. The smallest absolute Gasteiger partial charge is 0.164 e. The van der Waals surface area contributed by atoms with Gasteiger partial charge in [-0.2, -0.15) is 0 Å². The Bertz CT molecular complexity index is 367. The van der Waals surface area contributed by atoms with E-state index in [4.69, 9.17) is 0 Å². The molecule has 1 aromatic rings. The minimum Gasteiger partial charge on any atom is -0.294 e. The number of Topliss-reactive ketones (excluding diaryl/α,β-unsaturated/α-hetero) is 1. The Kier molecular flexibility index (Phi) is 3.70. The largest absolute Gasteiger partial charge is 0.294 e. The van der Waals surface area contributed by atoms with Crippen LogP contribution in [-0.2, 0) is 0 Å². The molecule has 1 fully saturated rings. The molecule has 2 nitrogen and oxygen atoms in total. The highest BCUT2D eigenvalue weighted by Crippen LogP contribution is 2.27. The molecule has 86 valence electrons. The molecular formula is C14H19NO. The fourth-order valence-electron chi connectivity index (χ4n) is 2.48. The van der Waals surface area contributed by atoms with Crippen molar-refractivity contribution >= 4 is 5.78 Å². The van der Waals surface area contributed by atoms with Gasteiger partial charge in [0.25, 0.3) is 0 Å². The molecule has 0 aliphatic heterocycles. The van der Waals surface area contributed by atoms with Crippen molar-refractivity contribution in [3.05, 3.63) is 29.6 Å². The Morgan fingerprint density at radius 3 is 2.75 bits per heavy atom. The van der Waals surface area contributed by atoms with Crippen molar-refractivity contribution in [1.82, 2.24) is 4.98 Å². The lowest BCUT2D eigenvalue weighted by Gasteiger charge is -2.20. The first-order valence-corrected chi connectivity index (χ1v) is 6.20. The second-order valence-corrected chi connectivity index (χ2v) is 4.88. The summed E-state index contributed by atoms with van der Waals surface area (Å²) in [6.07, 6.45) is 10.6. The Balaban J connectivity index is 1.97. The van der Waals surface area contributed by atoms with E-state index in [0.717, 1.165) is 11.1 Å². The van der Waals surface area contributed by atoms with E-state index >= 15 is 0 Å². The van der Waals surface area contributed by atoms with Gasteiger partial charge in [-0.3, -0.25) is 9.78 Å². The van der Waals surface area contributed by atoms with Crippen molar-refractivity contribution in [2.24, 2.45) is 5.92 Å². The molecule has 0 spiro atoms. The summed E-state index contributed by atoms with van der Waals surface area (Å²) in [5.74, 6) is 0.880. The highest BCUT2D eigenvalue weighted by molar-refractivity contribution is 5.96. The summed E-state index contributed by atoms with van der Waals surface area (Å²) >= 11 is 0. The maximum atomic E-state index is 12.0. The molecule has 1 aliphatic rings. The van der Waals surface area contributed by atoms with Crippen LogP contribution in [0, 0.1) is 12.8 Å². The third kappa shape index (κ3) is 2.91. The van der Waals surface area contributed by atoms with Crippen LogP contribution in [0.2, 0.25) is 0 Å². The number of aryl methyl sites for hydroxylation is 1. The Morgan fingerprint density at radius 1 is 1.31 bits per heavy atom. The number of rotatable bonds is 3. The fraction of sp³-hybridized carbons (Fsp3) is 0.571. The lowest BCUT2D eigenvalue weighted by atomic mass is 9.85. The van der Waals surface area contributed by atoms with Crippen LogP contribution in [0.5, 0.6) is 0 Å². The number of hydrogen-bond acceptors (Lipinski definition) is 2. The second-order valence-electron chi connectivity index (χ2n) is 4.88. The van der Waals surface area contributed by atoms with Crippen LogP contribution in [0.1, 0.15) is 54.4 Å². The highest BCUT2D eigenvalue weighted by Gasteiger charge is 2.18. The van der Waals surface area contributed by atoms with E-state index in [9.17, 15) is 4.79 Å². The molecule has 1 aromatic heterocycles. The van der Waals surface area contributed by atoms with Crippen molar-refractivity contribution in [2.45, 2.75) is 45.4 Å². The van der Waals surface area contributed by atoms with Gasteiger partial charge in [0.1, 0.15) is 0 Å². The minimum absolute atomic E-state index is 0.267. The van der Waals surface area contributed by atoms with E-state index in [1.165, 1.54) is 32.1 Å². The summed E-state index contributed by atoms with van der Waals surface area (Å²) in [5, 5.41) is 0. The quantitative estimate of drug-likeness (QED) is 0.725. The predicted molar refractivity (Wildman–Crippen MR) is 64.5 cm³/mol. The Morgan fingerprint density at radius 2 is 2.06 bits per heavy atom. The second kappa shape index (κ2) is 5.24. The molecule has 1 saturated carbocycles. The lowest BCUT2D eigenvalue weighted by Crippen LogP contribution is -2.12. The van der Waals surface area contributed by atoms with E-state index in [1.54, 1.807) is 12.4 Å². The van der Waals surface area contributed by atoms with Crippen LogP contribution in [0.3, 0.4) is 0 Å². The van der Waals surface area contributed by atoms with Gasteiger partial charge in [-0.05, 0) is 24.5 Å². The number of carbonyl (C=O) groups is 1. The van der Waals surface area contributed by atoms with Crippen LogP contribution >= 0.6 is 0 Å². The lowest BCUT2D eigenvalue weighted by molar-refractivity contribution is 0.0950. The van der Waals surface area contributed by atoms with E-state index in [1.807, 2.05) is 13.0 Å². The van der Waals surface area contributed by atoms with E-state index in [2.05, 4.69) is 4.98 Å². The molecule has 2 heteroatoms. The summed E-state index contributed by atoms with van der Waals surface area (Å²) in [4.78, 5) is 16.1. The molecule has 0 bridgehead atoms. The van der Waals surface area contributed by atoms with Gasteiger partial charge in [0.2, 0.25) is 0 Å². The zero-order valence-electron chi connectivity index (χ0n) is 9.91. The highest BCUT2D eigenvalue weighted by atomic mass is 16.1. The van der Waals surface area contributed by atoms with Gasteiger partial charge in [0, 0.05) is 24.4 Å². The molecule has 0 radical (unpaired) electrons. The van der Waals surface area contributed by atoms with Gasteiger partial charge in [-0.15, -0.1) is 0 Å². The summed E-state index contributed by atoms with van der Waals surface area (Å²) < 4.78 is 0. The van der Waals surface area contributed by atoms with Gasteiger partial charge in [0.05, 0.1) is 0 Å². The number of aromatic nitrogens is 1. The fourth-order valence-corrected chi connectivity index (χ4v) is 2.48. The third-order valence-corrected chi connectivity index (χ3v) is 3.40. The average Bonchev–Trinajstić information content (AvgIpc) is 2.30. The first-order chi connectivity index (χ1) is 7.75. The standard InChI is InChI=1S/C14H19NO/c1-11-7-13(10-15-9-11)14(16)8-12-5-3-2-4-6-12/h7,9-10,12H,2-6,8H2,1H3. The average molecular weight is 217 g/mol. The van der Waals surface area contributed by atoms with Crippen LogP contribution in [-0.4, -0.2) is 10.8 Å². The van der Waals surface area contributed by atoms with Crippen molar-refractivity contribution in [2.75, 3.05) is 0 Å². The molecule has 0 atom stereocenters.